The van der Waals surface area contributed by atoms with Crippen molar-refractivity contribution >= 4 is 63.7 Å². The van der Waals surface area contributed by atoms with Crippen LogP contribution >= 0.6 is 63.7 Å². The molecular formula is C40H44Br4O4. The molecule has 4 N–H and O–H groups in total. The quantitative estimate of drug-likeness (QED) is 0.164. The van der Waals surface area contributed by atoms with E-state index in [0.717, 1.165) is 60.8 Å². The van der Waals surface area contributed by atoms with Gasteiger partial charge >= 0.3 is 0 Å². The third-order valence-electron chi connectivity index (χ3n) is 10.6. The minimum Gasteiger partial charge on any atom is -0.507 e. The fourth-order valence-corrected chi connectivity index (χ4v) is 10.3. The van der Waals surface area contributed by atoms with E-state index in [4.69, 9.17) is 0 Å². The van der Waals surface area contributed by atoms with E-state index in [1.54, 1.807) is 0 Å². The summed E-state index contributed by atoms with van der Waals surface area (Å²) in [6, 6.07) is 16.7. The number of aryl methyl sites for hydroxylation is 4. The molecule has 0 aliphatic heterocycles. The van der Waals surface area contributed by atoms with Crippen LogP contribution in [0.4, 0.5) is 0 Å². The van der Waals surface area contributed by atoms with Crippen LogP contribution in [-0.4, -0.2) is 20.4 Å². The smallest absolute Gasteiger partial charge is 0.143 e. The Labute approximate surface area is 318 Å². The molecule has 0 atom stereocenters. The summed E-state index contributed by atoms with van der Waals surface area (Å²) in [6.45, 7) is 7.93. The SMILES string of the molecule is Cc1cc(C2(c3cc(C)c(O)c(C)c3)CCCCC2)cc(C)c1O.Oc1c(Br)cc(C2(c3cc(Br)c(O)c(Br)c3)CCCCC2)cc1Br. The lowest BCUT2D eigenvalue weighted by Crippen LogP contribution is -2.31. The van der Waals surface area contributed by atoms with Crippen LogP contribution in [0.3, 0.4) is 0 Å². The lowest BCUT2D eigenvalue weighted by atomic mass is 9.64. The van der Waals surface area contributed by atoms with E-state index in [1.807, 2.05) is 52.0 Å². The maximum absolute atomic E-state index is 10.2. The highest BCUT2D eigenvalue weighted by Crippen LogP contribution is 2.51. The highest BCUT2D eigenvalue weighted by Gasteiger charge is 2.38. The zero-order chi connectivity index (χ0) is 35.0. The van der Waals surface area contributed by atoms with Gasteiger partial charge in [-0.25, -0.2) is 0 Å². The summed E-state index contributed by atoms with van der Waals surface area (Å²) < 4.78 is 2.75. The molecule has 6 rings (SSSR count). The second kappa shape index (κ2) is 15.1. The van der Waals surface area contributed by atoms with Gasteiger partial charge in [-0.05, 0) is 186 Å². The Bertz CT molecular complexity index is 1480. The zero-order valence-electron chi connectivity index (χ0n) is 28.0. The van der Waals surface area contributed by atoms with E-state index >= 15 is 0 Å². The second-order valence-electron chi connectivity index (χ2n) is 13.8. The Morgan fingerprint density at radius 1 is 0.375 bits per heavy atom. The fourth-order valence-electron chi connectivity index (χ4n) is 7.95. The van der Waals surface area contributed by atoms with E-state index in [1.165, 1.54) is 47.9 Å². The predicted molar refractivity (Wildman–Crippen MR) is 210 cm³/mol. The topological polar surface area (TPSA) is 80.9 Å². The van der Waals surface area contributed by atoms with Crippen LogP contribution in [0.25, 0.3) is 0 Å². The summed E-state index contributed by atoms with van der Waals surface area (Å²) in [5, 5.41) is 40.5. The van der Waals surface area contributed by atoms with Crippen molar-refractivity contribution in [2.45, 2.75) is 103 Å². The van der Waals surface area contributed by atoms with E-state index in [-0.39, 0.29) is 22.3 Å². The normalized spacial score (nSPS) is 17.0. The molecule has 2 fully saturated rings. The van der Waals surface area contributed by atoms with Crippen LogP contribution < -0.4 is 0 Å². The molecule has 0 spiro atoms. The summed E-state index contributed by atoms with van der Waals surface area (Å²) in [4.78, 5) is 0. The first-order chi connectivity index (χ1) is 22.7. The highest BCUT2D eigenvalue weighted by molar-refractivity contribution is 9.11. The number of phenolic OH excluding ortho intramolecular Hbond substituents is 4. The van der Waals surface area contributed by atoms with Gasteiger partial charge in [0, 0.05) is 10.8 Å². The Hall–Kier alpha value is -2.00. The largest absolute Gasteiger partial charge is 0.507 e. The van der Waals surface area contributed by atoms with Gasteiger partial charge < -0.3 is 20.4 Å². The van der Waals surface area contributed by atoms with E-state index in [0.29, 0.717) is 29.4 Å². The number of halogens is 4. The van der Waals surface area contributed by atoms with Gasteiger partial charge in [0.15, 0.2) is 0 Å². The third kappa shape index (κ3) is 7.24. The van der Waals surface area contributed by atoms with Gasteiger partial charge in [-0.15, -0.1) is 0 Å². The van der Waals surface area contributed by atoms with Crippen molar-refractivity contribution in [3.8, 4) is 23.0 Å². The first-order valence-electron chi connectivity index (χ1n) is 16.7. The molecule has 2 aliphatic carbocycles. The van der Waals surface area contributed by atoms with E-state index in [2.05, 4.69) is 88.0 Å². The highest BCUT2D eigenvalue weighted by atomic mass is 79.9. The van der Waals surface area contributed by atoms with Crippen molar-refractivity contribution in [1.82, 2.24) is 0 Å². The molecule has 0 heterocycles. The lowest BCUT2D eigenvalue weighted by molar-refractivity contribution is 0.344. The molecule has 4 nitrogen and oxygen atoms in total. The van der Waals surface area contributed by atoms with E-state index in [9.17, 15) is 20.4 Å². The number of hydrogen-bond acceptors (Lipinski definition) is 4. The first-order valence-corrected chi connectivity index (χ1v) is 19.9. The van der Waals surface area contributed by atoms with E-state index < -0.39 is 0 Å². The van der Waals surface area contributed by atoms with Gasteiger partial charge in [0.2, 0.25) is 0 Å². The molecule has 0 bridgehead atoms. The van der Waals surface area contributed by atoms with Crippen LogP contribution in [0, 0.1) is 27.7 Å². The Morgan fingerprint density at radius 3 is 0.854 bits per heavy atom. The molecule has 0 aromatic heterocycles. The number of benzene rings is 4. The average molecular weight is 908 g/mol. The predicted octanol–water partition coefficient (Wildman–Crippen LogP) is 13.0. The van der Waals surface area contributed by atoms with Gasteiger partial charge in [0.1, 0.15) is 23.0 Å². The van der Waals surface area contributed by atoms with Crippen LogP contribution in [0.1, 0.15) is 109 Å². The molecule has 2 aliphatic rings. The zero-order valence-corrected chi connectivity index (χ0v) is 34.3. The van der Waals surface area contributed by atoms with Crippen LogP contribution in [0.2, 0.25) is 0 Å². The van der Waals surface area contributed by atoms with Crippen molar-refractivity contribution in [2.75, 3.05) is 0 Å². The summed E-state index contributed by atoms with van der Waals surface area (Å²) in [5.41, 5.74) is 8.60. The average Bonchev–Trinajstić information content (AvgIpc) is 3.07. The lowest BCUT2D eigenvalue weighted by Gasteiger charge is -2.39. The van der Waals surface area contributed by atoms with Crippen molar-refractivity contribution in [3.05, 3.63) is 111 Å². The maximum Gasteiger partial charge on any atom is 0.143 e. The number of phenols is 4. The summed E-state index contributed by atoms with van der Waals surface area (Å²) in [5.74, 6) is 1.25. The first kappa shape index (κ1) is 37.3. The van der Waals surface area contributed by atoms with Gasteiger partial charge in [-0.3, -0.25) is 0 Å². The van der Waals surface area contributed by atoms with Crippen LogP contribution in [0.5, 0.6) is 23.0 Å². The monoisotopic (exact) mass is 904 g/mol. The van der Waals surface area contributed by atoms with Crippen molar-refractivity contribution in [1.29, 1.82) is 0 Å². The molecule has 2 saturated carbocycles. The number of hydrogen-bond donors (Lipinski definition) is 4. The Morgan fingerprint density at radius 2 is 0.604 bits per heavy atom. The van der Waals surface area contributed by atoms with Crippen LogP contribution in [0.15, 0.2) is 66.4 Å². The summed E-state index contributed by atoms with van der Waals surface area (Å²) in [6.07, 6.45) is 11.6. The molecule has 0 amide bonds. The fraction of sp³-hybridized carbons (Fsp3) is 0.400. The molecular weight excluding hydrogens is 864 g/mol. The van der Waals surface area contributed by atoms with Gasteiger partial charge in [0.25, 0.3) is 0 Å². The molecule has 4 aromatic rings. The van der Waals surface area contributed by atoms with Gasteiger partial charge in [-0.2, -0.15) is 0 Å². The second-order valence-corrected chi connectivity index (χ2v) is 17.2. The standard InChI is InChI=1S/C22H28O2.C18H16Br4O2/c1-14-10-18(11-15(2)20(14)23)22(8-6-5-7-9-22)19-12-16(3)21(24)17(4)13-19;19-12-6-10(7-13(20)16(12)23)18(4-2-1-3-5-18)11-8-14(21)17(24)15(22)9-11/h10-13,23-24H,5-9H2,1-4H3;6-9,23-24H,1-5H2. The molecule has 0 radical (unpaired) electrons. The number of aromatic hydroxyl groups is 4. The molecule has 4 aromatic carbocycles. The van der Waals surface area contributed by atoms with Crippen molar-refractivity contribution in [3.63, 3.8) is 0 Å². The van der Waals surface area contributed by atoms with Gasteiger partial charge in [-0.1, -0.05) is 62.8 Å². The third-order valence-corrected chi connectivity index (χ3v) is 13.1. The summed E-state index contributed by atoms with van der Waals surface area (Å²) in [7, 11) is 0. The van der Waals surface area contributed by atoms with Crippen molar-refractivity contribution in [2.24, 2.45) is 0 Å². The Kier molecular flexibility index (Phi) is 11.7. The molecule has 256 valence electrons. The minimum atomic E-state index is -0.129. The minimum absolute atomic E-state index is 0.00924. The van der Waals surface area contributed by atoms with Crippen molar-refractivity contribution < 1.29 is 20.4 Å². The Balaban J connectivity index is 0.000000188. The molecule has 0 saturated heterocycles. The molecule has 48 heavy (non-hydrogen) atoms. The summed E-state index contributed by atoms with van der Waals surface area (Å²) >= 11 is 13.8. The number of rotatable bonds is 4. The maximum atomic E-state index is 10.2. The van der Waals surface area contributed by atoms with Gasteiger partial charge in [0.05, 0.1) is 17.9 Å². The van der Waals surface area contributed by atoms with Crippen LogP contribution in [-0.2, 0) is 10.8 Å². The molecule has 8 heteroatoms. The molecule has 0 unspecified atom stereocenters.